The maximum atomic E-state index is 12.3. The van der Waals surface area contributed by atoms with E-state index in [2.05, 4.69) is 0 Å². The SMILES string of the molecule is COc1cccc(C(C(N)=O)(C(N)=O)c2cccc(C)c2)c1. The van der Waals surface area contributed by atoms with Crippen LogP contribution in [0.3, 0.4) is 0 Å². The van der Waals surface area contributed by atoms with E-state index in [0.29, 0.717) is 16.9 Å². The molecule has 5 heteroatoms. The highest BCUT2D eigenvalue weighted by Gasteiger charge is 2.46. The number of hydrogen-bond donors (Lipinski definition) is 2. The second-order valence-corrected chi connectivity index (χ2v) is 5.08. The molecule has 5 nitrogen and oxygen atoms in total. The first-order valence-corrected chi connectivity index (χ1v) is 6.74. The number of aryl methyl sites for hydroxylation is 1. The van der Waals surface area contributed by atoms with E-state index in [9.17, 15) is 9.59 Å². The Hall–Kier alpha value is -2.82. The topological polar surface area (TPSA) is 95.4 Å². The third-order valence-corrected chi connectivity index (χ3v) is 3.69. The van der Waals surface area contributed by atoms with Crippen LogP contribution in [0.2, 0.25) is 0 Å². The lowest BCUT2D eigenvalue weighted by Gasteiger charge is -2.29. The number of carbonyl (C=O) groups is 2. The molecule has 4 N–H and O–H groups in total. The highest BCUT2D eigenvalue weighted by atomic mass is 16.5. The molecule has 0 aliphatic rings. The third-order valence-electron chi connectivity index (χ3n) is 3.69. The van der Waals surface area contributed by atoms with Crippen LogP contribution in [-0.2, 0) is 15.0 Å². The van der Waals surface area contributed by atoms with Crippen LogP contribution in [0.5, 0.6) is 5.75 Å². The van der Waals surface area contributed by atoms with Gasteiger partial charge >= 0.3 is 0 Å². The molecule has 0 aliphatic carbocycles. The lowest BCUT2D eigenvalue weighted by molar-refractivity contribution is -0.132. The number of nitrogens with two attached hydrogens (primary N) is 2. The Labute approximate surface area is 128 Å². The van der Waals surface area contributed by atoms with Crippen molar-refractivity contribution in [3.05, 3.63) is 65.2 Å². The van der Waals surface area contributed by atoms with E-state index in [0.717, 1.165) is 5.56 Å². The van der Waals surface area contributed by atoms with Crippen LogP contribution >= 0.6 is 0 Å². The van der Waals surface area contributed by atoms with Gasteiger partial charge in [0.25, 0.3) is 0 Å². The summed E-state index contributed by atoms with van der Waals surface area (Å²) in [6.45, 7) is 1.86. The first-order valence-electron chi connectivity index (χ1n) is 6.74. The Morgan fingerprint density at radius 3 is 2.00 bits per heavy atom. The average Bonchev–Trinajstić information content (AvgIpc) is 2.47. The molecule has 2 aromatic carbocycles. The number of methoxy groups -OCH3 is 1. The molecule has 2 rings (SSSR count). The zero-order chi connectivity index (χ0) is 16.3. The number of amides is 2. The molecule has 0 radical (unpaired) electrons. The number of carbonyl (C=O) groups excluding carboxylic acids is 2. The van der Waals surface area contributed by atoms with Gasteiger partial charge in [-0.1, -0.05) is 42.0 Å². The van der Waals surface area contributed by atoms with Crippen LogP contribution < -0.4 is 16.2 Å². The van der Waals surface area contributed by atoms with E-state index in [4.69, 9.17) is 16.2 Å². The molecule has 0 fully saturated rings. The molecular formula is C17H18N2O3. The summed E-state index contributed by atoms with van der Waals surface area (Å²) < 4.78 is 5.16. The molecule has 0 atom stereocenters. The van der Waals surface area contributed by atoms with Gasteiger partial charge in [0.05, 0.1) is 7.11 Å². The zero-order valence-electron chi connectivity index (χ0n) is 12.5. The molecule has 0 saturated carbocycles. The fourth-order valence-corrected chi connectivity index (χ4v) is 2.59. The summed E-state index contributed by atoms with van der Waals surface area (Å²) in [4.78, 5) is 24.5. The summed E-state index contributed by atoms with van der Waals surface area (Å²) in [7, 11) is 1.50. The second kappa shape index (κ2) is 5.89. The zero-order valence-corrected chi connectivity index (χ0v) is 12.5. The maximum absolute atomic E-state index is 12.3. The van der Waals surface area contributed by atoms with E-state index in [1.807, 2.05) is 13.0 Å². The number of rotatable bonds is 5. The molecule has 0 heterocycles. The minimum absolute atomic E-state index is 0.387. The minimum atomic E-state index is -1.74. The Morgan fingerprint density at radius 2 is 1.50 bits per heavy atom. The lowest BCUT2D eigenvalue weighted by atomic mass is 9.72. The standard InChI is InChI=1S/C17H18N2O3/c1-11-5-3-6-12(9-11)17(15(18)20,16(19)21)13-7-4-8-14(10-13)22-2/h3-10H,1-2H3,(H2,18,20)(H2,19,21). The molecule has 114 valence electrons. The molecule has 0 aromatic heterocycles. The molecular weight excluding hydrogens is 280 g/mol. The van der Waals surface area contributed by atoms with Gasteiger partial charge in [-0.15, -0.1) is 0 Å². The summed E-state index contributed by atoms with van der Waals surface area (Å²) in [5.41, 5.74) is 11.2. The molecule has 2 aromatic rings. The van der Waals surface area contributed by atoms with Crippen LogP contribution in [0.15, 0.2) is 48.5 Å². The first kappa shape index (κ1) is 15.6. The molecule has 0 unspecified atom stereocenters. The van der Waals surface area contributed by atoms with Crippen LogP contribution in [-0.4, -0.2) is 18.9 Å². The summed E-state index contributed by atoms with van der Waals surface area (Å²) in [5.74, 6) is -1.13. The normalized spacial score (nSPS) is 11.0. The lowest BCUT2D eigenvalue weighted by Crippen LogP contribution is -2.52. The molecule has 0 spiro atoms. The van der Waals surface area contributed by atoms with Gasteiger partial charge in [-0.3, -0.25) is 9.59 Å². The minimum Gasteiger partial charge on any atom is -0.497 e. The number of benzene rings is 2. The molecule has 22 heavy (non-hydrogen) atoms. The van der Waals surface area contributed by atoms with Crippen molar-refractivity contribution in [2.45, 2.75) is 12.3 Å². The van der Waals surface area contributed by atoms with Gasteiger partial charge in [-0.2, -0.15) is 0 Å². The summed E-state index contributed by atoms with van der Waals surface area (Å²) >= 11 is 0. The molecule has 0 aliphatic heterocycles. The van der Waals surface area contributed by atoms with Gasteiger partial charge in [0.15, 0.2) is 5.41 Å². The summed E-state index contributed by atoms with van der Waals surface area (Å²) in [5, 5.41) is 0. The van der Waals surface area contributed by atoms with Gasteiger partial charge < -0.3 is 16.2 Å². The Kier molecular flexibility index (Phi) is 4.17. The second-order valence-electron chi connectivity index (χ2n) is 5.08. The van der Waals surface area contributed by atoms with Crippen molar-refractivity contribution in [2.24, 2.45) is 11.5 Å². The predicted octanol–water partition coefficient (Wildman–Crippen LogP) is 1.26. The van der Waals surface area contributed by atoms with Crippen LogP contribution in [0.4, 0.5) is 0 Å². The third kappa shape index (κ3) is 2.41. The van der Waals surface area contributed by atoms with Gasteiger partial charge in [0.2, 0.25) is 11.8 Å². The van der Waals surface area contributed by atoms with Crippen molar-refractivity contribution in [1.29, 1.82) is 0 Å². The number of hydrogen-bond acceptors (Lipinski definition) is 3. The van der Waals surface area contributed by atoms with Crippen LogP contribution in [0, 0.1) is 6.92 Å². The smallest absolute Gasteiger partial charge is 0.242 e. The van der Waals surface area contributed by atoms with Crippen molar-refractivity contribution in [1.82, 2.24) is 0 Å². The van der Waals surface area contributed by atoms with Crippen molar-refractivity contribution >= 4 is 11.8 Å². The summed E-state index contributed by atoms with van der Waals surface area (Å²) in [6.07, 6.45) is 0. The van der Waals surface area contributed by atoms with E-state index in [1.165, 1.54) is 7.11 Å². The van der Waals surface area contributed by atoms with Crippen molar-refractivity contribution < 1.29 is 14.3 Å². The van der Waals surface area contributed by atoms with Crippen LogP contribution in [0.25, 0.3) is 0 Å². The highest BCUT2D eigenvalue weighted by molar-refractivity contribution is 6.13. The monoisotopic (exact) mass is 298 g/mol. The number of primary amides is 2. The van der Waals surface area contributed by atoms with E-state index in [1.54, 1.807) is 42.5 Å². The Balaban J connectivity index is 2.80. The van der Waals surface area contributed by atoms with Crippen molar-refractivity contribution in [3.8, 4) is 5.75 Å². The molecule has 2 amide bonds. The van der Waals surface area contributed by atoms with Gasteiger partial charge in [-0.25, -0.2) is 0 Å². The fraction of sp³-hybridized carbons (Fsp3) is 0.176. The molecule has 0 saturated heterocycles. The van der Waals surface area contributed by atoms with E-state index >= 15 is 0 Å². The van der Waals surface area contributed by atoms with Gasteiger partial charge in [0, 0.05) is 0 Å². The molecule has 0 bridgehead atoms. The highest BCUT2D eigenvalue weighted by Crippen LogP contribution is 2.34. The Morgan fingerprint density at radius 1 is 0.955 bits per heavy atom. The maximum Gasteiger partial charge on any atom is 0.242 e. The summed E-state index contributed by atoms with van der Waals surface area (Å²) in [6, 6.07) is 13.7. The first-order chi connectivity index (χ1) is 10.4. The average molecular weight is 298 g/mol. The van der Waals surface area contributed by atoms with Crippen molar-refractivity contribution in [3.63, 3.8) is 0 Å². The Bertz CT molecular complexity index is 711. The van der Waals surface area contributed by atoms with E-state index < -0.39 is 17.2 Å². The van der Waals surface area contributed by atoms with Crippen molar-refractivity contribution in [2.75, 3.05) is 7.11 Å². The van der Waals surface area contributed by atoms with Gasteiger partial charge in [0.1, 0.15) is 5.75 Å². The van der Waals surface area contributed by atoms with Gasteiger partial charge in [-0.05, 0) is 30.2 Å². The quantitative estimate of drug-likeness (QED) is 0.813. The fourth-order valence-electron chi connectivity index (χ4n) is 2.59. The number of ether oxygens (including phenoxy) is 1. The van der Waals surface area contributed by atoms with Crippen LogP contribution in [0.1, 0.15) is 16.7 Å². The largest absolute Gasteiger partial charge is 0.497 e. The predicted molar refractivity (Wildman–Crippen MR) is 83.3 cm³/mol. The van der Waals surface area contributed by atoms with E-state index in [-0.39, 0.29) is 0 Å².